The van der Waals surface area contributed by atoms with Gasteiger partial charge in [0, 0.05) is 25.7 Å². The molecule has 0 fully saturated rings. The Morgan fingerprint density at radius 1 is 1.13 bits per heavy atom. The number of amides is 1. The number of aliphatic carboxylic acids is 1. The molecule has 2 rings (SSSR count). The Hall–Kier alpha value is -2.89. The van der Waals surface area contributed by atoms with E-state index in [1.807, 2.05) is 61.1 Å². The van der Waals surface area contributed by atoms with Crippen LogP contribution in [-0.2, 0) is 16.6 Å². The molecule has 0 atom stereocenters. The van der Waals surface area contributed by atoms with E-state index in [1.165, 1.54) is 12.5 Å². The number of carboxylic acids is 1. The number of hydrogen-bond donors (Lipinski definition) is 2. The number of nitrogens with one attached hydrogen (secondary N) is 1. The summed E-state index contributed by atoms with van der Waals surface area (Å²) in [5.41, 5.74) is 2.62. The third-order valence-electron chi connectivity index (χ3n) is 2.98. The van der Waals surface area contributed by atoms with Crippen molar-refractivity contribution in [1.82, 2.24) is 9.88 Å². The molecule has 1 aromatic heterocycles. The molecule has 2 N–H and O–H groups in total. The van der Waals surface area contributed by atoms with Gasteiger partial charge >= 0.3 is 5.97 Å². The maximum absolute atomic E-state index is 12.0. The largest absolute Gasteiger partial charge is 0.480 e. The molecule has 122 valence electrons. The molecular formula is C17H20N2O4. The fourth-order valence-corrected chi connectivity index (χ4v) is 1.75. The molecule has 1 aromatic carbocycles. The van der Waals surface area contributed by atoms with Crippen molar-refractivity contribution in [3.05, 3.63) is 59.4 Å². The predicted octanol–water partition coefficient (Wildman–Crippen LogP) is 1.77. The molecule has 23 heavy (non-hydrogen) atoms. The summed E-state index contributed by atoms with van der Waals surface area (Å²) in [7, 11) is 1.88. The second-order valence-electron chi connectivity index (χ2n) is 5.00. The van der Waals surface area contributed by atoms with Crippen LogP contribution in [0.1, 0.15) is 28.5 Å². The lowest BCUT2D eigenvalue weighted by Gasteiger charge is -2.02. The molecule has 0 unspecified atom stereocenters. The number of aromatic nitrogens is 1. The summed E-state index contributed by atoms with van der Waals surface area (Å²) >= 11 is 0. The Morgan fingerprint density at radius 2 is 1.74 bits per heavy atom. The van der Waals surface area contributed by atoms with Gasteiger partial charge in [-0.3, -0.25) is 14.4 Å². The predicted molar refractivity (Wildman–Crippen MR) is 86.3 cm³/mol. The molecule has 0 saturated heterocycles. The van der Waals surface area contributed by atoms with Gasteiger partial charge in [-0.25, -0.2) is 0 Å². The molecule has 0 aliphatic carbocycles. The quantitative estimate of drug-likeness (QED) is 0.841. The van der Waals surface area contributed by atoms with Crippen molar-refractivity contribution in [3.63, 3.8) is 0 Å². The maximum atomic E-state index is 12.0. The molecule has 0 aliphatic heterocycles. The minimum absolute atomic E-state index is 0.0718. The number of aryl methyl sites for hydroxylation is 2. The monoisotopic (exact) mass is 316 g/mol. The molecule has 2 aromatic rings. The van der Waals surface area contributed by atoms with Crippen molar-refractivity contribution in [2.24, 2.45) is 7.05 Å². The van der Waals surface area contributed by atoms with E-state index >= 15 is 0 Å². The van der Waals surface area contributed by atoms with Crippen LogP contribution in [0.5, 0.6) is 0 Å². The van der Waals surface area contributed by atoms with E-state index in [0.29, 0.717) is 0 Å². The highest BCUT2D eigenvalue weighted by Crippen LogP contribution is 2.10. The Morgan fingerprint density at radius 3 is 2.13 bits per heavy atom. The average Bonchev–Trinajstić information content (AvgIpc) is 2.92. The van der Waals surface area contributed by atoms with E-state index in [1.54, 1.807) is 0 Å². The molecule has 1 heterocycles. The van der Waals surface area contributed by atoms with Gasteiger partial charge in [-0.15, -0.1) is 0 Å². The number of nitrogens with zero attached hydrogens (tertiary/aromatic N) is 1. The topological polar surface area (TPSA) is 88.4 Å². The van der Waals surface area contributed by atoms with Gasteiger partial charge in [-0.2, -0.15) is 0 Å². The van der Waals surface area contributed by atoms with E-state index in [9.17, 15) is 14.4 Å². The number of rotatable bonds is 4. The van der Waals surface area contributed by atoms with Crippen molar-refractivity contribution >= 4 is 17.7 Å². The van der Waals surface area contributed by atoms with Crippen LogP contribution in [0.4, 0.5) is 0 Å². The molecule has 0 saturated carbocycles. The fraction of sp³-hybridized carbons (Fsp3) is 0.235. The van der Waals surface area contributed by atoms with E-state index in [-0.39, 0.29) is 18.2 Å². The Bertz CT molecular complexity index is 673. The van der Waals surface area contributed by atoms with Crippen LogP contribution in [-0.4, -0.2) is 33.9 Å². The van der Waals surface area contributed by atoms with Gasteiger partial charge in [0.1, 0.15) is 6.54 Å². The van der Waals surface area contributed by atoms with E-state index in [4.69, 9.17) is 5.11 Å². The summed E-state index contributed by atoms with van der Waals surface area (Å²) in [6.45, 7) is 2.98. The zero-order valence-corrected chi connectivity index (χ0v) is 13.4. The lowest BCUT2D eigenvalue weighted by Crippen LogP contribution is -2.26. The summed E-state index contributed by atoms with van der Waals surface area (Å²) in [6.07, 6.45) is 1.88. The van der Waals surface area contributed by atoms with Gasteiger partial charge in [0.15, 0.2) is 0 Å². The number of ketones is 1. The second kappa shape index (κ2) is 8.53. The molecule has 0 radical (unpaired) electrons. The highest BCUT2D eigenvalue weighted by Gasteiger charge is 2.10. The standard InChI is InChI=1S/C13H13NO.C4H7NO3/c1-10-5-7-11(8-6-10)13(15)12-4-3-9-14(12)2;1-3(6)5-2-4(7)8/h3-9H,1-2H3;2H2,1H3,(H,5,6)(H,7,8). The minimum atomic E-state index is -1.03. The first kappa shape index (κ1) is 18.2. The number of benzene rings is 1. The third kappa shape index (κ3) is 6.17. The van der Waals surface area contributed by atoms with Crippen LogP contribution in [0.2, 0.25) is 0 Å². The van der Waals surface area contributed by atoms with Crippen molar-refractivity contribution in [2.45, 2.75) is 13.8 Å². The molecule has 0 aliphatic rings. The van der Waals surface area contributed by atoms with Crippen LogP contribution in [0.25, 0.3) is 0 Å². The average molecular weight is 316 g/mol. The number of hydrogen-bond acceptors (Lipinski definition) is 3. The van der Waals surface area contributed by atoms with Crippen LogP contribution in [0.15, 0.2) is 42.6 Å². The summed E-state index contributed by atoms with van der Waals surface area (Å²) in [6, 6.07) is 11.4. The number of carbonyl (C=O) groups excluding carboxylic acids is 2. The Kier molecular flexibility index (Phi) is 6.73. The summed E-state index contributed by atoms with van der Waals surface area (Å²) < 4.78 is 1.84. The normalized spacial score (nSPS) is 9.52. The summed E-state index contributed by atoms with van der Waals surface area (Å²) in [4.78, 5) is 31.7. The lowest BCUT2D eigenvalue weighted by molar-refractivity contribution is -0.137. The zero-order chi connectivity index (χ0) is 17.4. The van der Waals surface area contributed by atoms with Crippen LogP contribution in [0.3, 0.4) is 0 Å². The van der Waals surface area contributed by atoms with E-state index in [2.05, 4.69) is 5.32 Å². The van der Waals surface area contributed by atoms with Crippen LogP contribution < -0.4 is 5.32 Å². The smallest absolute Gasteiger partial charge is 0.322 e. The van der Waals surface area contributed by atoms with E-state index < -0.39 is 5.97 Å². The van der Waals surface area contributed by atoms with Crippen molar-refractivity contribution in [1.29, 1.82) is 0 Å². The first-order valence-electron chi connectivity index (χ1n) is 7.00. The Labute approximate surface area is 134 Å². The van der Waals surface area contributed by atoms with E-state index in [0.717, 1.165) is 11.3 Å². The number of carbonyl (C=O) groups is 3. The first-order chi connectivity index (χ1) is 10.8. The molecule has 6 heteroatoms. The first-order valence-corrected chi connectivity index (χ1v) is 7.00. The summed E-state index contributed by atoms with van der Waals surface area (Å²) in [5, 5.41) is 10.1. The number of carboxylic acid groups (broad SMARTS) is 1. The zero-order valence-electron chi connectivity index (χ0n) is 13.4. The van der Waals surface area contributed by atoms with Gasteiger partial charge in [0.05, 0.1) is 5.69 Å². The van der Waals surface area contributed by atoms with Crippen LogP contribution in [0, 0.1) is 6.92 Å². The fourth-order valence-electron chi connectivity index (χ4n) is 1.75. The third-order valence-corrected chi connectivity index (χ3v) is 2.98. The highest BCUT2D eigenvalue weighted by molar-refractivity contribution is 6.07. The molecule has 1 amide bonds. The van der Waals surface area contributed by atoms with Gasteiger partial charge in [-0.05, 0) is 19.1 Å². The van der Waals surface area contributed by atoms with Gasteiger partial charge in [0.25, 0.3) is 0 Å². The van der Waals surface area contributed by atoms with Gasteiger partial charge < -0.3 is 15.0 Å². The minimum Gasteiger partial charge on any atom is -0.480 e. The van der Waals surface area contributed by atoms with Crippen molar-refractivity contribution in [2.75, 3.05) is 6.54 Å². The molecule has 6 nitrogen and oxygen atoms in total. The lowest BCUT2D eigenvalue weighted by atomic mass is 10.1. The molecule has 0 bridgehead atoms. The van der Waals surface area contributed by atoms with Crippen molar-refractivity contribution < 1.29 is 19.5 Å². The molecule has 0 spiro atoms. The molecular weight excluding hydrogens is 296 g/mol. The maximum Gasteiger partial charge on any atom is 0.322 e. The van der Waals surface area contributed by atoms with Crippen molar-refractivity contribution in [3.8, 4) is 0 Å². The van der Waals surface area contributed by atoms with Gasteiger partial charge in [-0.1, -0.05) is 29.8 Å². The second-order valence-corrected chi connectivity index (χ2v) is 5.00. The van der Waals surface area contributed by atoms with Gasteiger partial charge in [0.2, 0.25) is 11.7 Å². The highest BCUT2D eigenvalue weighted by atomic mass is 16.4. The summed E-state index contributed by atoms with van der Waals surface area (Å²) in [5.74, 6) is -1.28. The SMILES string of the molecule is CC(=O)NCC(=O)O.Cc1ccc(C(=O)c2cccn2C)cc1. The van der Waals surface area contributed by atoms with Crippen LogP contribution >= 0.6 is 0 Å². The Balaban J connectivity index is 0.000000284.